The van der Waals surface area contributed by atoms with E-state index in [2.05, 4.69) is 19.9 Å². The molecular weight excluding hydrogens is 421 g/mol. The average molecular weight is 443 g/mol. The Kier molecular flexibility index (Phi) is 6.12. The average Bonchev–Trinajstić information content (AvgIpc) is 3.24. The molecule has 0 bridgehead atoms. The van der Waals surface area contributed by atoms with Gasteiger partial charge in [0.15, 0.2) is 5.82 Å². The summed E-state index contributed by atoms with van der Waals surface area (Å²) in [5.74, 6) is -0.542. The topological polar surface area (TPSA) is 145 Å². The molecule has 0 radical (unpaired) electrons. The van der Waals surface area contributed by atoms with Gasteiger partial charge in [-0.2, -0.15) is 4.98 Å². The zero-order valence-corrected chi connectivity index (χ0v) is 17.2. The zero-order valence-electron chi connectivity index (χ0n) is 17.2. The van der Waals surface area contributed by atoms with Crippen molar-refractivity contribution >= 4 is 5.91 Å². The van der Waals surface area contributed by atoms with E-state index in [1.807, 2.05) is 0 Å². The van der Waals surface area contributed by atoms with E-state index in [9.17, 15) is 9.18 Å². The SMILES string of the molecule is CC1(C(N)=O)COC(c2nc(-c3ccc(F)cc3)c(-c3ccnc(OCCO)n3)[nH]2)OC1. The number of nitrogens with two attached hydrogens (primary N) is 1. The number of halogens is 1. The molecule has 1 aliphatic rings. The Morgan fingerprint density at radius 1 is 1.28 bits per heavy atom. The molecule has 3 heterocycles. The number of benzene rings is 1. The van der Waals surface area contributed by atoms with Crippen molar-refractivity contribution < 1.29 is 28.5 Å². The van der Waals surface area contributed by atoms with Crippen LogP contribution in [0.5, 0.6) is 6.01 Å². The Hall–Kier alpha value is -3.41. The van der Waals surface area contributed by atoms with Gasteiger partial charge in [0.2, 0.25) is 12.2 Å². The highest BCUT2D eigenvalue weighted by molar-refractivity contribution is 5.81. The van der Waals surface area contributed by atoms with Crippen LogP contribution in [0.2, 0.25) is 0 Å². The molecule has 0 unspecified atom stereocenters. The Morgan fingerprint density at radius 2 is 2.00 bits per heavy atom. The Bertz CT molecular complexity index is 1100. The summed E-state index contributed by atoms with van der Waals surface area (Å²) < 4.78 is 30.2. The second-order valence-corrected chi connectivity index (χ2v) is 7.53. The molecule has 4 rings (SSSR count). The van der Waals surface area contributed by atoms with Crippen LogP contribution < -0.4 is 10.5 Å². The van der Waals surface area contributed by atoms with Gasteiger partial charge in [0.25, 0.3) is 0 Å². The summed E-state index contributed by atoms with van der Waals surface area (Å²) in [5, 5.41) is 8.96. The van der Waals surface area contributed by atoms with Gasteiger partial charge in [0.1, 0.15) is 12.4 Å². The lowest BCUT2D eigenvalue weighted by atomic mass is 9.91. The van der Waals surface area contributed by atoms with Crippen molar-refractivity contribution in [1.82, 2.24) is 19.9 Å². The lowest BCUT2D eigenvalue weighted by Crippen LogP contribution is -2.46. The fourth-order valence-electron chi connectivity index (χ4n) is 3.10. The van der Waals surface area contributed by atoms with E-state index in [0.29, 0.717) is 28.5 Å². The van der Waals surface area contributed by atoms with Crippen molar-refractivity contribution in [2.45, 2.75) is 13.2 Å². The molecule has 0 spiro atoms. The van der Waals surface area contributed by atoms with Crippen LogP contribution in [0.25, 0.3) is 22.6 Å². The van der Waals surface area contributed by atoms with Gasteiger partial charge in [0, 0.05) is 11.8 Å². The number of nitrogens with one attached hydrogen (secondary N) is 1. The predicted octanol–water partition coefficient (Wildman–Crippen LogP) is 1.58. The van der Waals surface area contributed by atoms with Gasteiger partial charge in [-0.3, -0.25) is 4.79 Å². The zero-order chi connectivity index (χ0) is 22.7. The van der Waals surface area contributed by atoms with Crippen LogP contribution in [0.3, 0.4) is 0 Å². The number of imidazole rings is 1. The van der Waals surface area contributed by atoms with Gasteiger partial charge in [-0.05, 0) is 37.3 Å². The number of nitrogens with zero attached hydrogens (tertiary/aromatic N) is 3. The number of rotatable bonds is 7. The molecule has 1 aliphatic heterocycles. The molecule has 1 amide bonds. The highest BCUT2D eigenvalue weighted by Gasteiger charge is 2.39. The van der Waals surface area contributed by atoms with Crippen LogP contribution in [-0.2, 0) is 14.3 Å². The monoisotopic (exact) mass is 443 g/mol. The minimum absolute atomic E-state index is 0.0465. The molecule has 1 saturated heterocycles. The van der Waals surface area contributed by atoms with Gasteiger partial charge in [-0.15, -0.1) is 0 Å². The van der Waals surface area contributed by atoms with Crippen molar-refractivity contribution in [3.05, 3.63) is 48.2 Å². The maximum Gasteiger partial charge on any atom is 0.317 e. The van der Waals surface area contributed by atoms with Crippen LogP contribution in [0.4, 0.5) is 4.39 Å². The van der Waals surface area contributed by atoms with Crippen LogP contribution in [0, 0.1) is 11.2 Å². The molecule has 0 saturated carbocycles. The second kappa shape index (κ2) is 8.99. The largest absolute Gasteiger partial charge is 0.461 e. The minimum Gasteiger partial charge on any atom is -0.461 e. The summed E-state index contributed by atoms with van der Waals surface area (Å²) in [4.78, 5) is 27.8. The third-order valence-corrected chi connectivity index (χ3v) is 4.98. The van der Waals surface area contributed by atoms with Crippen molar-refractivity contribution in [3.63, 3.8) is 0 Å². The molecule has 168 valence electrons. The van der Waals surface area contributed by atoms with Gasteiger partial charge in [-0.25, -0.2) is 14.4 Å². The number of primary amides is 1. The maximum atomic E-state index is 13.5. The first-order chi connectivity index (χ1) is 15.4. The highest BCUT2D eigenvalue weighted by Crippen LogP contribution is 2.35. The van der Waals surface area contributed by atoms with E-state index >= 15 is 0 Å². The molecule has 1 fully saturated rings. The highest BCUT2D eigenvalue weighted by atomic mass is 19.1. The number of aromatic amines is 1. The number of H-pyrrole nitrogens is 1. The van der Waals surface area contributed by atoms with Crippen LogP contribution >= 0.6 is 0 Å². The molecule has 4 N–H and O–H groups in total. The number of aromatic nitrogens is 4. The number of aliphatic hydroxyl groups excluding tert-OH is 1. The molecule has 10 nitrogen and oxygen atoms in total. The Balaban J connectivity index is 1.70. The Labute approximate surface area is 182 Å². The third kappa shape index (κ3) is 4.44. The molecule has 3 aromatic rings. The normalized spacial score (nSPS) is 20.8. The molecule has 0 atom stereocenters. The van der Waals surface area contributed by atoms with Crippen LogP contribution in [0.15, 0.2) is 36.5 Å². The summed E-state index contributed by atoms with van der Waals surface area (Å²) in [6, 6.07) is 7.58. The summed E-state index contributed by atoms with van der Waals surface area (Å²) in [6.45, 7) is 1.68. The third-order valence-electron chi connectivity index (χ3n) is 4.98. The first kappa shape index (κ1) is 21.8. The van der Waals surface area contributed by atoms with Crippen molar-refractivity contribution in [2.75, 3.05) is 26.4 Å². The Morgan fingerprint density at radius 3 is 2.66 bits per heavy atom. The van der Waals surface area contributed by atoms with Crippen molar-refractivity contribution in [2.24, 2.45) is 11.1 Å². The van der Waals surface area contributed by atoms with Gasteiger partial charge >= 0.3 is 6.01 Å². The summed E-state index contributed by atoms with van der Waals surface area (Å²) in [7, 11) is 0. The minimum atomic E-state index is -0.933. The smallest absolute Gasteiger partial charge is 0.317 e. The van der Waals surface area contributed by atoms with E-state index in [0.717, 1.165) is 0 Å². The lowest BCUT2D eigenvalue weighted by Gasteiger charge is -2.34. The summed E-state index contributed by atoms with van der Waals surface area (Å²) in [6.07, 6.45) is 0.651. The first-order valence-electron chi connectivity index (χ1n) is 9.85. The van der Waals surface area contributed by atoms with E-state index in [-0.39, 0.29) is 38.3 Å². The van der Waals surface area contributed by atoms with E-state index < -0.39 is 17.6 Å². The molecule has 1 aromatic carbocycles. The lowest BCUT2D eigenvalue weighted by molar-refractivity contribution is -0.230. The first-order valence-corrected chi connectivity index (χ1v) is 9.85. The standard InChI is InChI=1S/C21H22FN5O5/c1-21(19(23)29)10-31-18(32-11-21)17-26-15(12-2-4-13(22)5-3-12)16(27-17)14-6-7-24-20(25-14)30-9-8-28/h2-7,18,28H,8-11H2,1H3,(H2,23,29)(H,26,27). The van der Waals surface area contributed by atoms with Crippen LogP contribution in [-0.4, -0.2) is 57.4 Å². The number of carbonyl (C=O) groups excluding carboxylic acids is 1. The van der Waals surface area contributed by atoms with Gasteiger partial charge in [-0.1, -0.05) is 0 Å². The summed E-state index contributed by atoms with van der Waals surface area (Å²) >= 11 is 0. The fraction of sp³-hybridized carbons (Fsp3) is 0.333. The quantitative estimate of drug-likeness (QED) is 0.499. The maximum absolute atomic E-state index is 13.5. The van der Waals surface area contributed by atoms with Crippen molar-refractivity contribution in [3.8, 4) is 28.7 Å². The fourth-order valence-corrected chi connectivity index (χ4v) is 3.10. The molecule has 0 aliphatic carbocycles. The van der Waals surface area contributed by atoms with E-state index in [4.69, 9.17) is 25.1 Å². The van der Waals surface area contributed by atoms with Gasteiger partial charge < -0.3 is 30.0 Å². The number of hydrogen-bond acceptors (Lipinski definition) is 8. The van der Waals surface area contributed by atoms with Crippen molar-refractivity contribution in [1.29, 1.82) is 0 Å². The molecule has 32 heavy (non-hydrogen) atoms. The summed E-state index contributed by atoms with van der Waals surface area (Å²) in [5.41, 5.74) is 6.60. The number of amides is 1. The number of hydrogen-bond donors (Lipinski definition) is 3. The van der Waals surface area contributed by atoms with E-state index in [1.54, 1.807) is 25.1 Å². The number of carbonyl (C=O) groups is 1. The molecule has 11 heteroatoms. The number of ether oxygens (including phenoxy) is 3. The predicted molar refractivity (Wildman–Crippen MR) is 110 cm³/mol. The van der Waals surface area contributed by atoms with E-state index in [1.165, 1.54) is 18.3 Å². The van der Waals surface area contributed by atoms with Crippen LogP contribution in [0.1, 0.15) is 19.0 Å². The second-order valence-electron chi connectivity index (χ2n) is 7.53. The van der Waals surface area contributed by atoms with Gasteiger partial charge in [0.05, 0.1) is 42.3 Å². The number of aliphatic hydroxyl groups is 1. The molecule has 2 aromatic heterocycles. The molecular formula is C21H22FN5O5.